The van der Waals surface area contributed by atoms with Crippen molar-refractivity contribution in [2.75, 3.05) is 6.61 Å². The van der Waals surface area contributed by atoms with E-state index in [0.717, 1.165) is 13.0 Å². The second-order valence-corrected chi connectivity index (χ2v) is 4.37. The van der Waals surface area contributed by atoms with Gasteiger partial charge in [-0.2, -0.15) is 0 Å². The van der Waals surface area contributed by atoms with E-state index < -0.39 is 0 Å². The van der Waals surface area contributed by atoms with E-state index in [4.69, 9.17) is 4.74 Å². The molecule has 0 bridgehead atoms. The Labute approximate surface area is 99.9 Å². The van der Waals surface area contributed by atoms with Crippen LogP contribution in [0.25, 0.3) is 0 Å². The molecule has 2 aliphatic rings. The average molecular weight is 229 g/mol. The maximum absolute atomic E-state index is 11.0. The smallest absolute Gasteiger partial charge is 0.217 e. The molecule has 2 unspecified atom stereocenters. The predicted molar refractivity (Wildman–Crippen MR) is 67.4 cm³/mol. The molecule has 0 spiro atoms. The van der Waals surface area contributed by atoms with Crippen LogP contribution in [-0.4, -0.2) is 23.7 Å². The molecule has 0 aromatic rings. The monoisotopic (exact) mass is 229 g/mol. The first-order valence-electron chi connectivity index (χ1n) is 6.41. The highest BCUT2D eigenvalue weighted by molar-refractivity contribution is 5.75. The molecule has 1 saturated heterocycles. The summed E-state index contributed by atoms with van der Waals surface area (Å²) < 4.78 is 5.59. The van der Waals surface area contributed by atoms with Crippen molar-refractivity contribution in [3.8, 4) is 0 Å². The lowest BCUT2D eigenvalue weighted by atomic mass is 9.96. The van der Waals surface area contributed by atoms with Gasteiger partial charge in [0.1, 0.15) is 0 Å². The fraction of sp³-hybridized carbons (Fsp3) is 0.923. The summed E-state index contributed by atoms with van der Waals surface area (Å²) in [6.07, 6.45) is 1.08. The molecule has 1 N–H and O–H groups in total. The van der Waals surface area contributed by atoms with E-state index in [1.807, 2.05) is 27.7 Å². The van der Waals surface area contributed by atoms with Gasteiger partial charge >= 0.3 is 0 Å². The van der Waals surface area contributed by atoms with E-state index in [1.165, 1.54) is 0 Å². The standard InChI is InChI=1S/C9H15NO2.2C2H6/c1-6(11)10-9-4-7(9)5-12-8(9,2)3;2*1-2/h7H,4-5H2,1-3H3,(H,10,11);2*1-2H3. The summed E-state index contributed by atoms with van der Waals surface area (Å²) in [7, 11) is 0. The topological polar surface area (TPSA) is 38.3 Å². The average Bonchev–Trinajstić information content (AvgIpc) is 2.90. The molecule has 96 valence electrons. The first-order chi connectivity index (χ1) is 7.48. The molecule has 0 aromatic carbocycles. The molecule has 0 aromatic heterocycles. The number of hydrogen-bond acceptors (Lipinski definition) is 2. The van der Waals surface area contributed by atoms with Crippen LogP contribution < -0.4 is 5.32 Å². The summed E-state index contributed by atoms with van der Waals surface area (Å²) in [5, 5.41) is 3.02. The normalized spacial score (nSPS) is 32.3. The second kappa shape index (κ2) is 5.67. The lowest BCUT2D eigenvalue weighted by Crippen LogP contribution is -2.50. The number of rotatable bonds is 1. The van der Waals surface area contributed by atoms with Crippen molar-refractivity contribution >= 4 is 5.91 Å². The van der Waals surface area contributed by atoms with Crippen LogP contribution in [0.15, 0.2) is 0 Å². The summed E-state index contributed by atoms with van der Waals surface area (Å²) in [5.41, 5.74) is -0.220. The lowest BCUT2D eigenvalue weighted by molar-refractivity contribution is -0.121. The zero-order valence-corrected chi connectivity index (χ0v) is 11.8. The Morgan fingerprint density at radius 1 is 1.25 bits per heavy atom. The molecule has 2 atom stereocenters. The zero-order valence-electron chi connectivity index (χ0n) is 11.8. The van der Waals surface area contributed by atoms with Crippen LogP contribution in [-0.2, 0) is 9.53 Å². The Balaban J connectivity index is 0.000000509. The zero-order chi connectivity index (χ0) is 13.0. The van der Waals surface area contributed by atoms with Crippen LogP contribution in [0, 0.1) is 5.92 Å². The molecular formula is C13H27NO2. The van der Waals surface area contributed by atoms with E-state index in [2.05, 4.69) is 19.2 Å². The van der Waals surface area contributed by atoms with Crippen molar-refractivity contribution in [3.63, 3.8) is 0 Å². The Hall–Kier alpha value is -0.570. The third kappa shape index (κ3) is 2.57. The Morgan fingerprint density at radius 2 is 1.75 bits per heavy atom. The van der Waals surface area contributed by atoms with Crippen molar-refractivity contribution < 1.29 is 9.53 Å². The number of fused-ring (bicyclic) bond motifs is 1. The summed E-state index contributed by atoms with van der Waals surface area (Å²) in [5.74, 6) is 0.604. The fourth-order valence-corrected chi connectivity index (χ4v) is 2.32. The van der Waals surface area contributed by atoms with E-state index in [0.29, 0.717) is 5.92 Å². The van der Waals surface area contributed by atoms with Crippen LogP contribution in [0.4, 0.5) is 0 Å². The van der Waals surface area contributed by atoms with E-state index in [1.54, 1.807) is 6.92 Å². The third-order valence-electron chi connectivity index (χ3n) is 3.22. The van der Waals surface area contributed by atoms with Gasteiger partial charge < -0.3 is 10.1 Å². The molecule has 1 saturated carbocycles. The van der Waals surface area contributed by atoms with Crippen molar-refractivity contribution in [2.24, 2.45) is 5.92 Å². The van der Waals surface area contributed by atoms with Crippen molar-refractivity contribution in [1.82, 2.24) is 5.32 Å². The summed E-state index contributed by atoms with van der Waals surface area (Å²) in [6.45, 7) is 14.5. The molecule has 1 aliphatic carbocycles. The van der Waals surface area contributed by atoms with Gasteiger partial charge in [-0.3, -0.25) is 4.79 Å². The van der Waals surface area contributed by atoms with Gasteiger partial charge in [0.25, 0.3) is 0 Å². The number of ether oxygens (including phenoxy) is 1. The minimum absolute atomic E-state index is 0.0428. The van der Waals surface area contributed by atoms with Gasteiger partial charge in [0, 0.05) is 12.8 Å². The fourth-order valence-electron chi connectivity index (χ4n) is 2.32. The van der Waals surface area contributed by atoms with E-state index in [-0.39, 0.29) is 17.0 Å². The SMILES string of the molecule is CC.CC.CC(=O)NC12CC1COC2(C)C. The number of nitrogens with one attached hydrogen (secondary N) is 1. The molecule has 16 heavy (non-hydrogen) atoms. The molecule has 1 heterocycles. The van der Waals surface area contributed by atoms with Crippen LogP contribution in [0.5, 0.6) is 0 Å². The number of amides is 1. The number of carbonyl (C=O) groups excluding carboxylic acids is 1. The number of hydrogen-bond donors (Lipinski definition) is 1. The highest BCUT2D eigenvalue weighted by Gasteiger charge is 2.68. The first kappa shape index (κ1) is 15.4. The molecule has 2 rings (SSSR count). The van der Waals surface area contributed by atoms with Gasteiger partial charge in [-0.05, 0) is 20.3 Å². The Kier molecular flexibility index (Phi) is 5.47. The summed E-state index contributed by atoms with van der Waals surface area (Å²) in [6, 6.07) is 0. The van der Waals surface area contributed by atoms with Gasteiger partial charge in [-0.1, -0.05) is 27.7 Å². The van der Waals surface area contributed by atoms with Gasteiger partial charge in [-0.15, -0.1) is 0 Å². The molecule has 3 nitrogen and oxygen atoms in total. The van der Waals surface area contributed by atoms with Crippen molar-refractivity contribution in [1.29, 1.82) is 0 Å². The Morgan fingerprint density at radius 3 is 2.00 bits per heavy atom. The third-order valence-corrected chi connectivity index (χ3v) is 3.22. The van der Waals surface area contributed by atoms with E-state index in [9.17, 15) is 4.79 Å². The second-order valence-electron chi connectivity index (χ2n) is 4.37. The minimum atomic E-state index is -0.177. The largest absolute Gasteiger partial charge is 0.373 e. The van der Waals surface area contributed by atoms with Gasteiger partial charge in [0.15, 0.2) is 0 Å². The van der Waals surface area contributed by atoms with E-state index >= 15 is 0 Å². The van der Waals surface area contributed by atoms with Crippen LogP contribution in [0.1, 0.15) is 54.9 Å². The summed E-state index contributed by atoms with van der Waals surface area (Å²) in [4.78, 5) is 11.0. The minimum Gasteiger partial charge on any atom is -0.373 e. The van der Waals surface area contributed by atoms with Crippen molar-refractivity contribution in [3.05, 3.63) is 0 Å². The Bertz CT molecular complexity index is 238. The van der Waals surface area contributed by atoms with Crippen molar-refractivity contribution in [2.45, 2.75) is 66.0 Å². The molecular weight excluding hydrogens is 202 g/mol. The van der Waals surface area contributed by atoms with Crippen LogP contribution in [0.2, 0.25) is 0 Å². The number of carbonyl (C=O) groups is 1. The first-order valence-corrected chi connectivity index (χ1v) is 6.41. The lowest BCUT2D eigenvalue weighted by Gasteiger charge is -2.30. The summed E-state index contributed by atoms with van der Waals surface area (Å²) >= 11 is 0. The quantitative estimate of drug-likeness (QED) is 0.751. The maximum atomic E-state index is 11.0. The molecule has 3 heteroatoms. The molecule has 1 amide bonds. The maximum Gasteiger partial charge on any atom is 0.217 e. The molecule has 1 aliphatic heterocycles. The highest BCUT2D eigenvalue weighted by Crippen LogP contribution is 2.57. The molecule has 2 fully saturated rings. The predicted octanol–water partition coefficient (Wildman–Crippen LogP) is 2.74. The highest BCUT2D eigenvalue weighted by atomic mass is 16.5. The van der Waals surface area contributed by atoms with Gasteiger partial charge in [-0.25, -0.2) is 0 Å². The van der Waals surface area contributed by atoms with Gasteiger partial charge in [0.05, 0.1) is 17.7 Å². The van der Waals surface area contributed by atoms with Crippen LogP contribution >= 0.6 is 0 Å². The van der Waals surface area contributed by atoms with Gasteiger partial charge in [0.2, 0.25) is 5.91 Å². The van der Waals surface area contributed by atoms with Crippen LogP contribution in [0.3, 0.4) is 0 Å². The molecule has 0 radical (unpaired) electrons.